The number of halogens is 1. The van der Waals surface area contributed by atoms with E-state index in [1.165, 1.54) is 23.3 Å². The summed E-state index contributed by atoms with van der Waals surface area (Å²) >= 11 is 0. The Labute approximate surface area is 188 Å². The van der Waals surface area contributed by atoms with Crippen LogP contribution in [0.4, 0.5) is 4.39 Å². The van der Waals surface area contributed by atoms with Crippen LogP contribution < -0.4 is 0 Å². The molecule has 3 nitrogen and oxygen atoms in total. The van der Waals surface area contributed by atoms with E-state index in [4.69, 9.17) is 0 Å². The first-order valence-corrected chi connectivity index (χ1v) is 11.4. The van der Waals surface area contributed by atoms with E-state index in [9.17, 15) is 14.3 Å². The standard InChI is InChI=1S/C28H28FNO2/c29-24-12-10-20(11-13-24)27(32)28(23-8-2-1-3-9-23)14-16-30(17-15-28)25-18-21-6-4-5-7-22(21)19-26(25)31/h1-13,25-26,31H,14-19H2/t25-,26-/m1/s1. The van der Waals surface area contributed by atoms with Gasteiger partial charge in [-0.3, -0.25) is 9.69 Å². The molecule has 164 valence electrons. The van der Waals surface area contributed by atoms with E-state index in [0.29, 0.717) is 24.8 Å². The van der Waals surface area contributed by atoms with Crippen LogP contribution in [0.3, 0.4) is 0 Å². The number of likely N-dealkylation sites (tertiary alicyclic amines) is 1. The van der Waals surface area contributed by atoms with Crippen LogP contribution in [-0.4, -0.2) is 41.0 Å². The first-order valence-electron chi connectivity index (χ1n) is 11.4. The normalized spacial score (nSPS) is 22.8. The van der Waals surface area contributed by atoms with E-state index in [1.54, 1.807) is 12.1 Å². The highest BCUT2D eigenvalue weighted by Crippen LogP contribution is 2.40. The number of carbonyl (C=O) groups is 1. The predicted octanol–water partition coefficient (Wildman–Crippen LogP) is 4.57. The molecule has 5 rings (SSSR count). The fraction of sp³-hybridized carbons (Fsp3) is 0.321. The topological polar surface area (TPSA) is 40.5 Å². The van der Waals surface area contributed by atoms with Crippen LogP contribution in [0.2, 0.25) is 0 Å². The predicted molar refractivity (Wildman–Crippen MR) is 123 cm³/mol. The van der Waals surface area contributed by atoms with Gasteiger partial charge in [-0.25, -0.2) is 4.39 Å². The van der Waals surface area contributed by atoms with E-state index in [-0.39, 0.29) is 17.6 Å². The molecular formula is C28H28FNO2. The molecule has 1 saturated heterocycles. The Morgan fingerprint density at radius 3 is 2.09 bits per heavy atom. The highest BCUT2D eigenvalue weighted by molar-refractivity contribution is 6.04. The Hall–Kier alpha value is -2.82. The molecule has 1 N–H and O–H groups in total. The summed E-state index contributed by atoms with van der Waals surface area (Å²) in [5.41, 5.74) is 3.48. The molecule has 1 aliphatic carbocycles. The second-order valence-corrected chi connectivity index (χ2v) is 9.13. The van der Waals surface area contributed by atoms with Gasteiger partial charge in [0, 0.05) is 18.0 Å². The molecule has 0 radical (unpaired) electrons. The van der Waals surface area contributed by atoms with E-state index in [1.807, 2.05) is 36.4 Å². The molecule has 1 fully saturated rings. The maximum atomic E-state index is 13.8. The zero-order valence-corrected chi connectivity index (χ0v) is 18.1. The van der Waals surface area contributed by atoms with Crippen LogP contribution in [0, 0.1) is 5.82 Å². The number of Topliss-reactive ketones (excluding diaryl/α,β-unsaturated/α-hetero) is 1. The lowest BCUT2D eigenvalue weighted by molar-refractivity contribution is 0.0188. The van der Waals surface area contributed by atoms with Crippen molar-refractivity contribution >= 4 is 5.78 Å². The molecule has 3 aromatic rings. The van der Waals surface area contributed by atoms with Crippen molar-refractivity contribution in [3.8, 4) is 0 Å². The third kappa shape index (κ3) is 3.78. The minimum Gasteiger partial charge on any atom is -0.391 e. The Kier molecular flexibility index (Phi) is 5.66. The van der Waals surface area contributed by atoms with Gasteiger partial charge in [0.2, 0.25) is 0 Å². The quantitative estimate of drug-likeness (QED) is 0.618. The van der Waals surface area contributed by atoms with E-state index in [0.717, 1.165) is 25.1 Å². The minimum absolute atomic E-state index is 0.0536. The molecule has 0 spiro atoms. The first kappa shape index (κ1) is 21.0. The Bertz CT molecular complexity index is 1090. The SMILES string of the molecule is O=C(c1ccc(F)cc1)C1(c2ccccc2)CCN([C@@H]2Cc3ccccc3C[C@H]2O)CC1. The Balaban J connectivity index is 1.41. The third-order valence-corrected chi connectivity index (χ3v) is 7.41. The van der Waals surface area contributed by atoms with Gasteiger partial charge in [0.15, 0.2) is 5.78 Å². The van der Waals surface area contributed by atoms with Crippen molar-refractivity contribution < 1.29 is 14.3 Å². The minimum atomic E-state index is -0.632. The smallest absolute Gasteiger partial charge is 0.173 e. The van der Waals surface area contributed by atoms with Crippen LogP contribution >= 0.6 is 0 Å². The summed E-state index contributed by atoms with van der Waals surface area (Å²) in [6, 6.07) is 24.3. The number of ketones is 1. The zero-order valence-electron chi connectivity index (χ0n) is 18.1. The van der Waals surface area contributed by atoms with Crippen molar-refractivity contribution in [2.45, 2.75) is 43.2 Å². The number of aliphatic hydroxyl groups is 1. The molecule has 1 heterocycles. The van der Waals surface area contributed by atoms with Crippen LogP contribution in [0.25, 0.3) is 0 Å². The van der Waals surface area contributed by atoms with Crippen molar-refractivity contribution in [2.75, 3.05) is 13.1 Å². The highest BCUT2D eigenvalue weighted by atomic mass is 19.1. The molecule has 2 aliphatic rings. The summed E-state index contributed by atoms with van der Waals surface area (Å²) < 4.78 is 13.5. The molecule has 0 amide bonds. The van der Waals surface area contributed by atoms with Gasteiger partial charge in [-0.1, -0.05) is 54.6 Å². The van der Waals surface area contributed by atoms with Gasteiger partial charge in [0.05, 0.1) is 11.5 Å². The summed E-state index contributed by atoms with van der Waals surface area (Å²) in [6.07, 6.45) is 2.47. The summed E-state index contributed by atoms with van der Waals surface area (Å²) in [4.78, 5) is 16.1. The number of aliphatic hydroxyl groups excluding tert-OH is 1. The molecule has 32 heavy (non-hydrogen) atoms. The van der Waals surface area contributed by atoms with Gasteiger partial charge in [-0.15, -0.1) is 0 Å². The summed E-state index contributed by atoms with van der Waals surface area (Å²) in [7, 11) is 0. The van der Waals surface area contributed by atoms with Gasteiger partial charge < -0.3 is 5.11 Å². The lowest BCUT2D eigenvalue weighted by Gasteiger charge is -2.46. The van der Waals surface area contributed by atoms with Gasteiger partial charge >= 0.3 is 0 Å². The van der Waals surface area contributed by atoms with Crippen LogP contribution in [0.1, 0.15) is 39.9 Å². The summed E-state index contributed by atoms with van der Waals surface area (Å²) in [6.45, 7) is 1.48. The molecule has 1 aliphatic heterocycles. The number of fused-ring (bicyclic) bond motifs is 1. The zero-order chi connectivity index (χ0) is 22.1. The third-order valence-electron chi connectivity index (χ3n) is 7.41. The maximum Gasteiger partial charge on any atom is 0.173 e. The Morgan fingerprint density at radius 2 is 1.44 bits per heavy atom. The van der Waals surface area contributed by atoms with Crippen LogP contribution in [0.15, 0.2) is 78.9 Å². The molecule has 0 aromatic heterocycles. The number of hydrogen-bond acceptors (Lipinski definition) is 3. The first-order chi connectivity index (χ1) is 15.6. The van der Waals surface area contributed by atoms with Gasteiger partial charge in [0.25, 0.3) is 0 Å². The molecule has 0 saturated carbocycles. The van der Waals surface area contributed by atoms with Crippen molar-refractivity contribution in [1.29, 1.82) is 0 Å². The summed E-state index contributed by atoms with van der Waals surface area (Å²) in [5, 5.41) is 10.9. The van der Waals surface area contributed by atoms with E-state index in [2.05, 4.69) is 23.1 Å². The van der Waals surface area contributed by atoms with E-state index < -0.39 is 11.5 Å². The second kappa shape index (κ2) is 8.61. The fourth-order valence-electron chi connectivity index (χ4n) is 5.57. The van der Waals surface area contributed by atoms with Crippen molar-refractivity contribution in [3.05, 3.63) is 107 Å². The van der Waals surface area contributed by atoms with E-state index >= 15 is 0 Å². The lowest BCUT2D eigenvalue weighted by Crippen LogP contribution is -2.55. The van der Waals surface area contributed by atoms with Crippen molar-refractivity contribution in [3.63, 3.8) is 0 Å². The average Bonchev–Trinajstić information content (AvgIpc) is 2.84. The largest absolute Gasteiger partial charge is 0.391 e. The molecule has 2 atom stereocenters. The molecule has 0 bridgehead atoms. The highest BCUT2D eigenvalue weighted by Gasteiger charge is 2.45. The monoisotopic (exact) mass is 429 g/mol. The molecule has 4 heteroatoms. The number of piperidine rings is 1. The van der Waals surface area contributed by atoms with Crippen molar-refractivity contribution in [2.24, 2.45) is 0 Å². The van der Waals surface area contributed by atoms with Crippen LogP contribution in [-0.2, 0) is 18.3 Å². The van der Waals surface area contributed by atoms with Gasteiger partial charge in [0.1, 0.15) is 5.82 Å². The maximum absolute atomic E-state index is 13.8. The average molecular weight is 430 g/mol. The van der Waals surface area contributed by atoms with Crippen LogP contribution in [0.5, 0.6) is 0 Å². The fourth-order valence-corrected chi connectivity index (χ4v) is 5.57. The number of hydrogen-bond donors (Lipinski definition) is 1. The lowest BCUT2D eigenvalue weighted by atomic mass is 9.67. The number of benzene rings is 3. The molecule has 0 unspecified atom stereocenters. The van der Waals surface area contributed by atoms with Gasteiger partial charge in [-0.2, -0.15) is 0 Å². The van der Waals surface area contributed by atoms with Gasteiger partial charge in [-0.05, 0) is 73.3 Å². The number of rotatable bonds is 4. The molecule has 3 aromatic carbocycles. The molecular weight excluding hydrogens is 401 g/mol. The van der Waals surface area contributed by atoms with Crippen molar-refractivity contribution in [1.82, 2.24) is 4.90 Å². The summed E-state index contributed by atoms with van der Waals surface area (Å²) in [5.74, 6) is -0.283. The number of carbonyl (C=O) groups excluding carboxylic acids is 1. The second-order valence-electron chi connectivity index (χ2n) is 9.13. The number of nitrogens with zero attached hydrogens (tertiary/aromatic N) is 1. The Morgan fingerprint density at radius 1 is 0.844 bits per heavy atom.